The van der Waals surface area contributed by atoms with Crippen LogP contribution in [-0.4, -0.2) is 5.11 Å². The molecule has 66 valence electrons. The van der Waals surface area contributed by atoms with Crippen molar-refractivity contribution in [3.63, 3.8) is 0 Å². The van der Waals surface area contributed by atoms with Gasteiger partial charge in [-0.3, -0.25) is 0 Å². The third-order valence-corrected chi connectivity index (χ3v) is 2.09. The van der Waals surface area contributed by atoms with Crippen LogP contribution >= 0.6 is 0 Å². The fraction of sp³-hybridized carbons (Fsp3) is 0.455. The van der Waals surface area contributed by atoms with Crippen LogP contribution < -0.4 is 0 Å². The van der Waals surface area contributed by atoms with Gasteiger partial charge in [-0.2, -0.15) is 0 Å². The lowest BCUT2D eigenvalue weighted by molar-refractivity contribution is 0.474. The van der Waals surface area contributed by atoms with Crippen LogP contribution in [0, 0.1) is 0 Å². The number of aryl methyl sites for hydroxylation is 2. The molecular weight excluding hydrogens is 148 g/mol. The summed E-state index contributed by atoms with van der Waals surface area (Å²) >= 11 is 0. The molecule has 0 atom stereocenters. The first-order chi connectivity index (χ1) is 5.77. The monoisotopic (exact) mass is 164 g/mol. The molecule has 0 saturated heterocycles. The summed E-state index contributed by atoms with van der Waals surface area (Å²) in [5, 5.41) is 9.24. The molecule has 0 amide bonds. The molecule has 1 nitrogen and oxygen atoms in total. The van der Waals surface area contributed by atoms with Crippen LogP contribution in [0.1, 0.15) is 31.4 Å². The quantitative estimate of drug-likeness (QED) is 0.728. The van der Waals surface area contributed by atoms with Crippen molar-refractivity contribution in [1.29, 1.82) is 0 Å². The van der Waals surface area contributed by atoms with Gasteiger partial charge in [0, 0.05) is 0 Å². The van der Waals surface area contributed by atoms with E-state index in [0.717, 1.165) is 19.3 Å². The number of hydrogen-bond acceptors (Lipinski definition) is 1. The Morgan fingerprint density at radius 1 is 1.17 bits per heavy atom. The van der Waals surface area contributed by atoms with Crippen molar-refractivity contribution in [2.45, 2.75) is 33.1 Å². The molecule has 0 spiro atoms. The van der Waals surface area contributed by atoms with Gasteiger partial charge in [0.05, 0.1) is 0 Å². The molecule has 1 heteroatoms. The van der Waals surface area contributed by atoms with Crippen molar-refractivity contribution in [2.24, 2.45) is 0 Å². The second kappa shape index (κ2) is 4.15. The number of phenolic OH excluding ortho intramolecular Hbond substituents is 1. The van der Waals surface area contributed by atoms with Crippen molar-refractivity contribution >= 4 is 0 Å². The van der Waals surface area contributed by atoms with Crippen LogP contribution in [-0.2, 0) is 12.8 Å². The summed E-state index contributed by atoms with van der Waals surface area (Å²) in [6.07, 6.45) is 3.28. The number of hydrogen-bond donors (Lipinski definition) is 1. The van der Waals surface area contributed by atoms with Crippen molar-refractivity contribution in [3.05, 3.63) is 29.3 Å². The highest BCUT2D eigenvalue weighted by Crippen LogP contribution is 2.18. The lowest BCUT2D eigenvalue weighted by Gasteiger charge is -2.06. The summed E-state index contributed by atoms with van der Waals surface area (Å²) in [5.41, 5.74) is 2.65. The van der Waals surface area contributed by atoms with E-state index in [4.69, 9.17) is 0 Å². The van der Waals surface area contributed by atoms with Crippen molar-refractivity contribution in [2.75, 3.05) is 0 Å². The van der Waals surface area contributed by atoms with Gasteiger partial charge in [-0.05, 0) is 36.1 Å². The first kappa shape index (κ1) is 9.11. The molecule has 0 radical (unpaired) electrons. The third kappa shape index (κ3) is 2.00. The Kier molecular flexibility index (Phi) is 3.15. The predicted octanol–water partition coefficient (Wildman–Crippen LogP) is 2.91. The SMILES string of the molecule is CCCc1ccc(O)cc1CC. The van der Waals surface area contributed by atoms with Crippen molar-refractivity contribution in [1.82, 2.24) is 0 Å². The van der Waals surface area contributed by atoms with Crippen LogP contribution in [0.5, 0.6) is 5.75 Å². The Morgan fingerprint density at radius 2 is 1.92 bits per heavy atom. The topological polar surface area (TPSA) is 20.2 Å². The van der Waals surface area contributed by atoms with Gasteiger partial charge in [-0.25, -0.2) is 0 Å². The van der Waals surface area contributed by atoms with Crippen LogP contribution in [0.25, 0.3) is 0 Å². The molecule has 0 fully saturated rings. The van der Waals surface area contributed by atoms with Gasteiger partial charge in [-0.15, -0.1) is 0 Å². The Morgan fingerprint density at radius 3 is 2.50 bits per heavy atom. The Hall–Kier alpha value is -0.980. The molecule has 0 bridgehead atoms. The largest absolute Gasteiger partial charge is 0.508 e. The minimum absolute atomic E-state index is 0.381. The zero-order valence-electron chi connectivity index (χ0n) is 7.80. The average Bonchev–Trinajstić information content (AvgIpc) is 2.08. The smallest absolute Gasteiger partial charge is 0.115 e. The molecule has 0 unspecified atom stereocenters. The molecular formula is C11H16O. The van der Waals surface area contributed by atoms with E-state index in [2.05, 4.69) is 13.8 Å². The van der Waals surface area contributed by atoms with Crippen molar-refractivity contribution < 1.29 is 5.11 Å². The summed E-state index contributed by atoms with van der Waals surface area (Å²) < 4.78 is 0. The molecule has 12 heavy (non-hydrogen) atoms. The van der Waals surface area contributed by atoms with E-state index >= 15 is 0 Å². The zero-order valence-corrected chi connectivity index (χ0v) is 7.80. The highest BCUT2D eigenvalue weighted by Gasteiger charge is 2.00. The van der Waals surface area contributed by atoms with Gasteiger partial charge >= 0.3 is 0 Å². The number of aromatic hydroxyl groups is 1. The lowest BCUT2D eigenvalue weighted by atomic mass is 10.0. The third-order valence-electron chi connectivity index (χ3n) is 2.09. The molecule has 0 aromatic heterocycles. The van der Waals surface area contributed by atoms with E-state index < -0.39 is 0 Å². The first-order valence-electron chi connectivity index (χ1n) is 4.58. The average molecular weight is 164 g/mol. The van der Waals surface area contributed by atoms with Gasteiger partial charge in [0.1, 0.15) is 5.75 Å². The molecule has 0 aliphatic heterocycles. The standard InChI is InChI=1S/C11H16O/c1-3-5-10-6-7-11(12)8-9(10)4-2/h6-8,12H,3-5H2,1-2H3. The van der Waals surface area contributed by atoms with Crippen LogP contribution in [0.4, 0.5) is 0 Å². The number of phenols is 1. The van der Waals surface area contributed by atoms with Crippen molar-refractivity contribution in [3.8, 4) is 5.75 Å². The second-order valence-corrected chi connectivity index (χ2v) is 3.06. The second-order valence-electron chi connectivity index (χ2n) is 3.06. The number of benzene rings is 1. The van der Waals surface area contributed by atoms with Crippen LogP contribution in [0.2, 0.25) is 0 Å². The molecule has 1 N–H and O–H groups in total. The fourth-order valence-electron chi connectivity index (χ4n) is 1.45. The maximum atomic E-state index is 9.24. The van der Waals surface area contributed by atoms with E-state index in [9.17, 15) is 5.11 Å². The van der Waals surface area contributed by atoms with E-state index in [1.54, 1.807) is 6.07 Å². The van der Waals surface area contributed by atoms with Crippen LogP contribution in [0.3, 0.4) is 0 Å². The minimum atomic E-state index is 0.381. The first-order valence-corrected chi connectivity index (χ1v) is 4.58. The van der Waals surface area contributed by atoms with E-state index in [-0.39, 0.29) is 0 Å². The predicted molar refractivity (Wildman–Crippen MR) is 51.5 cm³/mol. The summed E-state index contributed by atoms with van der Waals surface area (Å²) in [7, 11) is 0. The maximum absolute atomic E-state index is 9.24. The Balaban J connectivity index is 2.94. The van der Waals surface area contributed by atoms with E-state index in [0.29, 0.717) is 5.75 Å². The molecule has 0 heterocycles. The molecule has 1 aromatic rings. The van der Waals surface area contributed by atoms with E-state index in [1.807, 2.05) is 12.1 Å². The fourth-order valence-corrected chi connectivity index (χ4v) is 1.45. The highest BCUT2D eigenvalue weighted by atomic mass is 16.3. The summed E-state index contributed by atoms with van der Waals surface area (Å²) in [6.45, 7) is 4.29. The maximum Gasteiger partial charge on any atom is 0.115 e. The van der Waals surface area contributed by atoms with Gasteiger partial charge in [0.25, 0.3) is 0 Å². The molecule has 0 saturated carbocycles. The number of rotatable bonds is 3. The summed E-state index contributed by atoms with van der Waals surface area (Å²) in [4.78, 5) is 0. The Bertz CT molecular complexity index is 253. The normalized spacial score (nSPS) is 10.2. The van der Waals surface area contributed by atoms with E-state index in [1.165, 1.54) is 11.1 Å². The molecule has 1 aromatic carbocycles. The summed E-state index contributed by atoms with van der Waals surface area (Å²) in [6, 6.07) is 5.66. The van der Waals surface area contributed by atoms with Gasteiger partial charge in [0.15, 0.2) is 0 Å². The minimum Gasteiger partial charge on any atom is -0.508 e. The lowest BCUT2D eigenvalue weighted by Crippen LogP contribution is -1.91. The summed E-state index contributed by atoms with van der Waals surface area (Å²) in [5.74, 6) is 0.381. The van der Waals surface area contributed by atoms with Gasteiger partial charge in [-0.1, -0.05) is 26.3 Å². The Labute approximate surface area is 74.1 Å². The molecule has 0 aliphatic carbocycles. The zero-order chi connectivity index (χ0) is 8.97. The van der Waals surface area contributed by atoms with Gasteiger partial charge in [0.2, 0.25) is 0 Å². The van der Waals surface area contributed by atoms with Crippen LogP contribution in [0.15, 0.2) is 18.2 Å². The van der Waals surface area contributed by atoms with Gasteiger partial charge < -0.3 is 5.11 Å². The molecule has 1 rings (SSSR count). The highest BCUT2D eigenvalue weighted by molar-refractivity contribution is 5.34. The molecule has 0 aliphatic rings.